The fourth-order valence-electron chi connectivity index (χ4n) is 2.69. The summed E-state index contributed by atoms with van der Waals surface area (Å²) in [5.41, 5.74) is 1.90. The second kappa shape index (κ2) is 9.16. The van der Waals surface area contributed by atoms with Crippen molar-refractivity contribution in [3.8, 4) is 11.8 Å². The quantitative estimate of drug-likeness (QED) is 0.561. The molecule has 0 aliphatic heterocycles. The third-order valence-corrected chi connectivity index (χ3v) is 4.64. The smallest absolute Gasteiger partial charge is 0.268 e. The molecule has 1 aromatic heterocycles. The van der Waals surface area contributed by atoms with Crippen LogP contribution in [0.5, 0.6) is 5.75 Å². The van der Waals surface area contributed by atoms with Crippen molar-refractivity contribution in [2.45, 2.75) is 19.6 Å². The van der Waals surface area contributed by atoms with Gasteiger partial charge in [0.25, 0.3) is 5.91 Å². The molecule has 1 amide bonds. The lowest BCUT2D eigenvalue weighted by Crippen LogP contribution is -2.40. The normalized spacial score (nSPS) is 11.3. The molecular formula is C22H18BrN3O2. The van der Waals surface area contributed by atoms with E-state index in [1.807, 2.05) is 42.5 Å². The van der Waals surface area contributed by atoms with Crippen LogP contribution in [0.15, 0.2) is 77.4 Å². The summed E-state index contributed by atoms with van der Waals surface area (Å²) in [7, 11) is 0. The van der Waals surface area contributed by atoms with Gasteiger partial charge in [0, 0.05) is 16.4 Å². The van der Waals surface area contributed by atoms with Crippen molar-refractivity contribution in [2.24, 2.45) is 0 Å². The SMILES string of the molecule is CC(Oc1ccccc1C#N)C(=O)N(Cc1ccccn1)c1ccc(Br)cc1. The number of para-hydroxylation sites is 1. The molecule has 0 spiro atoms. The molecule has 6 heteroatoms. The Labute approximate surface area is 172 Å². The average molecular weight is 436 g/mol. The molecule has 140 valence electrons. The van der Waals surface area contributed by atoms with Crippen LogP contribution in [0.25, 0.3) is 0 Å². The lowest BCUT2D eigenvalue weighted by molar-refractivity contribution is -0.124. The highest BCUT2D eigenvalue weighted by Crippen LogP contribution is 2.23. The molecule has 3 aromatic rings. The van der Waals surface area contributed by atoms with E-state index >= 15 is 0 Å². The van der Waals surface area contributed by atoms with Crippen LogP contribution in [0.2, 0.25) is 0 Å². The van der Waals surface area contributed by atoms with Crippen LogP contribution in [-0.4, -0.2) is 17.0 Å². The van der Waals surface area contributed by atoms with E-state index in [1.165, 1.54) is 0 Å². The van der Waals surface area contributed by atoms with Crippen molar-refractivity contribution in [3.05, 3.63) is 88.7 Å². The number of anilines is 1. The predicted octanol–water partition coefficient (Wildman–Crippen LogP) is 4.72. The van der Waals surface area contributed by atoms with Gasteiger partial charge in [-0.1, -0.05) is 34.1 Å². The third-order valence-electron chi connectivity index (χ3n) is 4.11. The van der Waals surface area contributed by atoms with E-state index in [0.29, 0.717) is 17.9 Å². The Balaban J connectivity index is 1.87. The Morgan fingerprint density at radius 1 is 1.14 bits per heavy atom. The van der Waals surface area contributed by atoms with Crippen LogP contribution in [0.4, 0.5) is 5.69 Å². The summed E-state index contributed by atoms with van der Waals surface area (Å²) in [6.45, 7) is 2.00. The summed E-state index contributed by atoms with van der Waals surface area (Å²) in [4.78, 5) is 19.2. The van der Waals surface area contributed by atoms with Crippen LogP contribution in [0, 0.1) is 11.3 Å². The number of benzene rings is 2. The first-order chi connectivity index (χ1) is 13.6. The number of halogens is 1. The van der Waals surface area contributed by atoms with Gasteiger partial charge in [0.05, 0.1) is 17.8 Å². The summed E-state index contributed by atoms with van der Waals surface area (Å²) in [6.07, 6.45) is 0.921. The monoisotopic (exact) mass is 435 g/mol. The molecule has 1 atom stereocenters. The van der Waals surface area contributed by atoms with Crippen LogP contribution in [0.3, 0.4) is 0 Å². The zero-order chi connectivity index (χ0) is 19.9. The standard InChI is InChI=1S/C22H18BrN3O2/c1-16(28-21-8-3-2-6-17(21)14-24)22(27)26(15-19-7-4-5-13-25-19)20-11-9-18(23)10-12-20/h2-13,16H,15H2,1H3. The maximum Gasteiger partial charge on any atom is 0.268 e. The number of hydrogen-bond donors (Lipinski definition) is 0. The largest absolute Gasteiger partial charge is 0.479 e. The highest BCUT2D eigenvalue weighted by Gasteiger charge is 2.25. The van der Waals surface area contributed by atoms with Gasteiger partial charge in [-0.3, -0.25) is 9.78 Å². The number of carbonyl (C=O) groups is 1. The highest BCUT2D eigenvalue weighted by molar-refractivity contribution is 9.10. The number of carbonyl (C=O) groups excluding carboxylic acids is 1. The zero-order valence-corrected chi connectivity index (χ0v) is 16.8. The summed E-state index contributed by atoms with van der Waals surface area (Å²) >= 11 is 3.42. The average Bonchev–Trinajstić information content (AvgIpc) is 2.73. The van der Waals surface area contributed by atoms with Crippen molar-refractivity contribution in [1.82, 2.24) is 4.98 Å². The molecule has 0 aliphatic rings. The van der Waals surface area contributed by atoms with Crippen molar-refractivity contribution in [1.29, 1.82) is 5.26 Å². The molecule has 0 saturated heterocycles. The summed E-state index contributed by atoms with van der Waals surface area (Å²) < 4.78 is 6.74. The topological polar surface area (TPSA) is 66.2 Å². The Bertz CT molecular complexity index is 985. The van der Waals surface area contributed by atoms with Crippen molar-refractivity contribution in [2.75, 3.05) is 4.90 Å². The van der Waals surface area contributed by atoms with Crippen molar-refractivity contribution in [3.63, 3.8) is 0 Å². The number of aromatic nitrogens is 1. The van der Waals surface area contributed by atoms with E-state index in [9.17, 15) is 10.1 Å². The molecule has 0 N–H and O–H groups in total. The number of amides is 1. The third kappa shape index (κ3) is 4.76. The molecular weight excluding hydrogens is 418 g/mol. The molecule has 3 rings (SSSR count). The van der Waals surface area contributed by atoms with Crippen LogP contribution < -0.4 is 9.64 Å². The molecule has 28 heavy (non-hydrogen) atoms. The van der Waals surface area contributed by atoms with Gasteiger partial charge in [-0.05, 0) is 55.5 Å². The van der Waals surface area contributed by atoms with Gasteiger partial charge in [0.2, 0.25) is 0 Å². The summed E-state index contributed by atoms with van der Waals surface area (Å²) in [5.74, 6) is 0.167. The van der Waals surface area contributed by atoms with E-state index in [1.54, 1.807) is 42.3 Å². The zero-order valence-electron chi connectivity index (χ0n) is 15.2. The van der Waals surface area contributed by atoms with Gasteiger partial charge in [0.1, 0.15) is 11.8 Å². The molecule has 0 radical (unpaired) electrons. The molecule has 0 fully saturated rings. The summed E-state index contributed by atoms with van der Waals surface area (Å²) in [6, 6.07) is 22.0. The van der Waals surface area contributed by atoms with Crippen LogP contribution in [0.1, 0.15) is 18.2 Å². The second-order valence-electron chi connectivity index (χ2n) is 6.09. The molecule has 5 nitrogen and oxygen atoms in total. The molecule has 0 aliphatic carbocycles. The van der Waals surface area contributed by atoms with Gasteiger partial charge in [-0.25, -0.2) is 0 Å². The van der Waals surface area contributed by atoms with Gasteiger partial charge in [-0.2, -0.15) is 5.26 Å². The maximum atomic E-state index is 13.2. The minimum Gasteiger partial charge on any atom is -0.479 e. The Kier molecular flexibility index (Phi) is 6.41. The molecule has 1 heterocycles. The first-order valence-electron chi connectivity index (χ1n) is 8.71. The number of ether oxygens (including phenoxy) is 1. The Morgan fingerprint density at radius 2 is 1.86 bits per heavy atom. The second-order valence-corrected chi connectivity index (χ2v) is 7.01. The van der Waals surface area contributed by atoms with E-state index in [-0.39, 0.29) is 5.91 Å². The van der Waals surface area contributed by atoms with Crippen molar-refractivity contribution < 1.29 is 9.53 Å². The number of pyridine rings is 1. The maximum absolute atomic E-state index is 13.2. The van der Waals surface area contributed by atoms with Crippen LogP contribution in [-0.2, 0) is 11.3 Å². The van der Waals surface area contributed by atoms with E-state index in [0.717, 1.165) is 15.9 Å². The van der Waals surface area contributed by atoms with Crippen LogP contribution >= 0.6 is 15.9 Å². The van der Waals surface area contributed by atoms with Gasteiger partial charge < -0.3 is 9.64 Å². The van der Waals surface area contributed by atoms with Gasteiger partial charge >= 0.3 is 0 Å². The molecule has 0 saturated carbocycles. The highest BCUT2D eigenvalue weighted by atomic mass is 79.9. The number of rotatable bonds is 6. The van der Waals surface area contributed by atoms with Gasteiger partial charge in [-0.15, -0.1) is 0 Å². The fraction of sp³-hybridized carbons (Fsp3) is 0.136. The fourth-order valence-corrected chi connectivity index (χ4v) is 2.96. The molecule has 2 aromatic carbocycles. The minimum atomic E-state index is -0.776. The predicted molar refractivity (Wildman–Crippen MR) is 111 cm³/mol. The first-order valence-corrected chi connectivity index (χ1v) is 9.50. The number of hydrogen-bond acceptors (Lipinski definition) is 4. The lowest BCUT2D eigenvalue weighted by Gasteiger charge is -2.26. The molecule has 1 unspecified atom stereocenters. The summed E-state index contributed by atoms with van der Waals surface area (Å²) in [5, 5.41) is 9.24. The van der Waals surface area contributed by atoms with E-state index in [4.69, 9.17) is 4.74 Å². The Morgan fingerprint density at radius 3 is 2.54 bits per heavy atom. The van der Waals surface area contributed by atoms with E-state index in [2.05, 4.69) is 27.0 Å². The van der Waals surface area contributed by atoms with E-state index < -0.39 is 6.10 Å². The Hall–Kier alpha value is -3.17. The number of nitrogens with zero attached hydrogens (tertiary/aromatic N) is 3. The molecule has 0 bridgehead atoms. The van der Waals surface area contributed by atoms with Gasteiger partial charge in [0.15, 0.2) is 6.10 Å². The first kappa shape index (κ1) is 19.6. The minimum absolute atomic E-state index is 0.222. The number of nitriles is 1. The van der Waals surface area contributed by atoms with Crippen molar-refractivity contribution >= 4 is 27.5 Å². The lowest BCUT2D eigenvalue weighted by atomic mass is 10.2.